The number of fused-ring (bicyclic) bond motifs is 4. The van der Waals surface area contributed by atoms with Crippen LogP contribution >= 0.6 is 0 Å². The molecule has 202 valence electrons. The fourth-order valence-corrected chi connectivity index (χ4v) is 5.73. The molecule has 3 aromatic carbocycles. The Morgan fingerprint density at radius 1 is 0.949 bits per heavy atom. The molecule has 3 aromatic rings. The first-order chi connectivity index (χ1) is 19.1. The van der Waals surface area contributed by atoms with Crippen LogP contribution in [0.5, 0.6) is 28.7 Å². The molecular formula is C30H29NO8. The Bertz CT molecular complexity index is 1390. The highest BCUT2D eigenvalue weighted by Crippen LogP contribution is 2.51. The maximum atomic E-state index is 12.9. The summed E-state index contributed by atoms with van der Waals surface area (Å²) in [6, 6.07) is 17.4. The minimum Gasteiger partial charge on any atom is -0.493 e. The molecular weight excluding hydrogens is 502 g/mol. The molecule has 2 heterocycles. The van der Waals surface area contributed by atoms with E-state index in [-0.39, 0.29) is 43.5 Å². The molecule has 0 bridgehead atoms. The van der Waals surface area contributed by atoms with E-state index in [1.54, 1.807) is 21.3 Å². The van der Waals surface area contributed by atoms with Crippen molar-refractivity contribution in [1.82, 2.24) is 0 Å². The zero-order valence-corrected chi connectivity index (χ0v) is 22.0. The van der Waals surface area contributed by atoms with E-state index in [4.69, 9.17) is 33.3 Å². The highest BCUT2D eigenvalue weighted by Gasteiger charge is 2.46. The molecule has 0 fully saturated rings. The van der Waals surface area contributed by atoms with Gasteiger partial charge >= 0.3 is 5.97 Å². The molecule has 0 saturated carbocycles. The Hall–Kier alpha value is -4.40. The summed E-state index contributed by atoms with van der Waals surface area (Å²) in [6.45, 7) is 0.707. The Balaban J connectivity index is 1.43. The van der Waals surface area contributed by atoms with Crippen molar-refractivity contribution in [2.45, 2.75) is 12.3 Å². The minimum absolute atomic E-state index is 0.105. The van der Waals surface area contributed by atoms with Crippen LogP contribution in [0.1, 0.15) is 28.2 Å². The molecule has 0 amide bonds. The van der Waals surface area contributed by atoms with E-state index >= 15 is 0 Å². The van der Waals surface area contributed by atoms with Crippen LogP contribution in [-0.2, 0) is 20.8 Å². The SMILES string of the molecule is COc1cc([C@@H]2c3cc4c(cc3C3=NOC[C@H]3[C@@H]2COC(=O)Cc2ccccc2)OCO4)cc(OC)c1OC. The van der Waals surface area contributed by atoms with Crippen LogP contribution in [0, 0.1) is 11.8 Å². The van der Waals surface area contributed by atoms with Gasteiger partial charge in [0.2, 0.25) is 12.5 Å². The van der Waals surface area contributed by atoms with Gasteiger partial charge in [-0.1, -0.05) is 35.5 Å². The lowest BCUT2D eigenvalue weighted by atomic mass is 9.66. The van der Waals surface area contributed by atoms with Crippen LogP contribution in [0.15, 0.2) is 59.8 Å². The summed E-state index contributed by atoms with van der Waals surface area (Å²) in [5.74, 6) is 2.10. The van der Waals surface area contributed by atoms with E-state index in [9.17, 15) is 4.79 Å². The van der Waals surface area contributed by atoms with Gasteiger partial charge in [0.15, 0.2) is 23.0 Å². The van der Waals surface area contributed by atoms with Crippen molar-refractivity contribution in [1.29, 1.82) is 0 Å². The lowest BCUT2D eigenvalue weighted by molar-refractivity contribution is -0.144. The smallest absolute Gasteiger partial charge is 0.310 e. The van der Waals surface area contributed by atoms with Crippen LogP contribution < -0.4 is 23.7 Å². The molecule has 3 atom stereocenters. The fraction of sp³-hybridized carbons (Fsp3) is 0.333. The monoisotopic (exact) mass is 531 g/mol. The maximum Gasteiger partial charge on any atom is 0.310 e. The third kappa shape index (κ3) is 4.47. The quantitative estimate of drug-likeness (QED) is 0.397. The minimum atomic E-state index is -0.293. The van der Waals surface area contributed by atoms with Gasteiger partial charge in [0.25, 0.3) is 0 Å². The zero-order chi connectivity index (χ0) is 26.9. The normalized spacial score (nSPS) is 20.3. The molecule has 39 heavy (non-hydrogen) atoms. The summed E-state index contributed by atoms with van der Waals surface area (Å²) >= 11 is 0. The highest BCUT2D eigenvalue weighted by molar-refractivity contribution is 6.06. The van der Waals surface area contributed by atoms with E-state index < -0.39 is 0 Å². The fourth-order valence-electron chi connectivity index (χ4n) is 5.73. The van der Waals surface area contributed by atoms with Gasteiger partial charge in [-0.3, -0.25) is 4.79 Å². The topological polar surface area (TPSA) is 94.0 Å². The second-order valence-electron chi connectivity index (χ2n) is 9.62. The van der Waals surface area contributed by atoms with Crippen molar-refractivity contribution in [2.24, 2.45) is 17.0 Å². The summed E-state index contributed by atoms with van der Waals surface area (Å²) in [4.78, 5) is 18.5. The average molecular weight is 532 g/mol. The maximum absolute atomic E-state index is 12.9. The van der Waals surface area contributed by atoms with Crippen molar-refractivity contribution in [3.05, 3.63) is 76.9 Å². The largest absolute Gasteiger partial charge is 0.493 e. The van der Waals surface area contributed by atoms with Gasteiger partial charge in [0.05, 0.1) is 40.1 Å². The lowest BCUT2D eigenvalue weighted by Gasteiger charge is -2.37. The standard InChI is InChI=1S/C30H29NO8/c1-33-25-10-18(11-26(34-2)30(25)35-3)28-19-12-23-24(38-16-37-23)13-20(19)29-22(15-39-31-29)21(28)14-36-27(32)9-17-7-5-4-6-8-17/h4-8,10-13,21-22,28H,9,14-16H2,1-3H3/t21-,22-,28+/m0/s1. The third-order valence-electron chi connectivity index (χ3n) is 7.54. The molecule has 6 rings (SSSR count). The predicted octanol–water partition coefficient (Wildman–Crippen LogP) is 4.34. The van der Waals surface area contributed by atoms with Crippen LogP contribution in [0.25, 0.3) is 0 Å². The second-order valence-corrected chi connectivity index (χ2v) is 9.62. The number of oxime groups is 1. The van der Waals surface area contributed by atoms with E-state index in [1.165, 1.54) is 0 Å². The molecule has 2 aliphatic heterocycles. The number of carbonyl (C=O) groups is 1. The number of ether oxygens (including phenoxy) is 6. The van der Waals surface area contributed by atoms with Crippen molar-refractivity contribution in [3.63, 3.8) is 0 Å². The number of hydrogen-bond acceptors (Lipinski definition) is 9. The number of nitrogens with zero attached hydrogens (tertiary/aromatic N) is 1. The molecule has 0 spiro atoms. The summed E-state index contributed by atoms with van der Waals surface area (Å²) in [7, 11) is 4.75. The van der Waals surface area contributed by atoms with Gasteiger partial charge in [-0.25, -0.2) is 0 Å². The van der Waals surface area contributed by atoms with Crippen molar-refractivity contribution in [2.75, 3.05) is 41.3 Å². The van der Waals surface area contributed by atoms with E-state index in [0.29, 0.717) is 35.4 Å². The number of benzene rings is 3. The first-order valence-electron chi connectivity index (χ1n) is 12.7. The highest BCUT2D eigenvalue weighted by atomic mass is 16.7. The van der Waals surface area contributed by atoms with Gasteiger partial charge in [-0.05, 0) is 41.0 Å². The summed E-state index contributed by atoms with van der Waals surface area (Å²) in [6.07, 6.45) is 0.194. The van der Waals surface area contributed by atoms with Crippen LogP contribution in [0.4, 0.5) is 0 Å². The molecule has 0 radical (unpaired) electrons. The second kappa shape index (κ2) is 10.4. The molecule has 0 aromatic heterocycles. The average Bonchev–Trinajstić information content (AvgIpc) is 3.64. The van der Waals surface area contributed by atoms with Crippen molar-refractivity contribution in [3.8, 4) is 28.7 Å². The zero-order valence-electron chi connectivity index (χ0n) is 22.0. The Labute approximate surface area is 226 Å². The van der Waals surface area contributed by atoms with Crippen LogP contribution in [0.2, 0.25) is 0 Å². The molecule has 0 N–H and O–H groups in total. The van der Waals surface area contributed by atoms with Crippen molar-refractivity contribution >= 4 is 11.7 Å². The number of carbonyl (C=O) groups excluding carboxylic acids is 1. The van der Waals surface area contributed by atoms with Gasteiger partial charge in [0.1, 0.15) is 6.61 Å². The summed E-state index contributed by atoms with van der Waals surface area (Å²) < 4.78 is 34.3. The summed E-state index contributed by atoms with van der Waals surface area (Å²) in [5.41, 5.74) is 4.53. The Kier molecular flexibility index (Phi) is 6.64. The lowest BCUT2D eigenvalue weighted by Crippen LogP contribution is -2.39. The van der Waals surface area contributed by atoms with E-state index in [1.807, 2.05) is 54.6 Å². The van der Waals surface area contributed by atoms with Gasteiger partial charge in [0, 0.05) is 23.3 Å². The van der Waals surface area contributed by atoms with Gasteiger partial charge in [-0.2, -0.15) is 0 Å². The van der Waals surface area contributed by atoms with Gasteiger partial charge < -0.3 is 33.3 Å². The van der Waals surface area contributed by atoms with Gasteiger partial charge in [-0.15, -0.1) is 0 Å². The van der Waals surface area contributed by atoms with E-state index in [0.717, 1.165) is 28.0 Å². The molecule has 9 nitrogen and oxygen atoms in total. The number of rotatable bonds is 8. The summed E-state index contributed by atoms with van der Waals surface area (Å²) in [5, 5.41) is 4.40. The Morgan fingerprint density at radius 3 is 2.36 bits per heavy atom. The number of esters is 1. The number of methoxy groups -OCH3 is 3. The molecule has 0 unspecified atom stereocenters. The van der Waals surface area contributed by atoms with Crippen LogP contribution in [0.3, 0.4) is 0 Å². The molecule has 0 saturated heterocycles. The predicted molar refractivity (Wildman–Crippen MR) is 141 cm³/mol. The van der Waals surface area contributed by atoms with Crippen LogP contribution in [-0.4, -0.2) is 53.0 Å². The first-order valence-corrected chi connectivity index (χ1v) is 12.7. The molecule has 3 aliphatic rings. The number of hydrogen-bond donors (Lipinski definition) is 0. The first kappa shape index (κ1) is 24.9. The molecule has 1 aliphatic carbocycles. The van der Waals surface area contributed by atoms with E-state index in [2.05, 4.69) is 5.16 Å². The van der Waals surface area contributed by atoms with Crippen molar-refractivity contribution < 1.29 is 38.1 Å². The molecule has 9 heteroatoms. The Morgan fingerprint density at radius 2 is 1.67 bits per heavy atom. The third-order valence-corrected chi connectivity index (χ3v) is 7.54.